The minimum atomic E-state index is 0.515. The lowest BCUT2D eigenvalue weighted by atomic mass is 10.0. The van der Waals surface area contributed by atoms with Gasteiger partial charge in [-0.2, -0.15) is 0 Å². The van der Waals surface area contributed by atoms with Crippen LogP contribution in [0.3, 0.4) is 0 Å². The SMILES string of the molecule is CC(C)COc1ccc(CCN2CCNCC2)c2cccnc12. The van der Waals surface area contributed by atoms with Crippen LogP contribution in [-0.2, 0) is 6.42 Å². The van der Waals surface area contributed by atoms with Gasteiger partial charge in [0.15, 0.2) is 0 Å². The Kier molecular flexibility index (Phi) is 5.47. The van der Waals surface area contributed by atoms with Crippen molar-refractivity contribution in [3.63, 3.8) is 0 Å². The predicted molar refractivity (Wildman–Crippen MR) is 95.1 cm³/mol. The zero-order chi connectivity index (χ0) is 16.1. The third-order valence-corrected chi connectivity index (χ3v) is 4.30. The number of fused-ring (bicyclic) bond motifs is 1. The van der Waals surface area contributed by atoms with Gasteiger partial charge in [-0.15, -0.1) is 0 Å². The third kappa shape index (κ3) is 4.21. The summed E-state index contributed by atoms with van der Waals surface area (Å²) >= 11 is 0. The zero-order valence-electron chi connectivity index (χ0n) is 14.2. The van der Waals surface area contributed by atoms with Gasteiger partial charge in [0.1, 0.15) is 11.3 Å². The predicted octanol–water partition coefficient (Wildman–Crippen LogP) is 2.72. The van der Waals surface area contributed by atoms with Crippen LogP contribution in [0.25, 0.3) is 10.9 Å². The number of aromatic nitrogens is 1. The van der Waals surface area contributed by atoms with Crippen LogP contribution >= 0.6 is 0 Å². The first-order valence-corrected chi connectivity index (χ1v) is 8.66. The monoisotopic (exact) mass is 313 g/mol. The Morgan fingerprint density at radius 2 is 2.04 bits per heavy atom. The summed E-state index contributed by atoms with van der Waals surface area (Å²) in [5, 5.41) is 4.63. The summed E-state index contributed by atoms with van der Waals surface area (Å²) in [6.07, 6.45) is 2.91. The second-order valence-corrected chi connectivity index (χ2v) is 6.67. The molecule has 0 saturated carbocycles. The van der Waals surface area contributed by atoms with Crippen molar-refractivity contribution in [3.05, 3.63) is 36.0 Å². The highest BCUT2D eigenvalue weighted by atomic mass is 16.5. The maximum atomic E-state index is 5.95. The van der Waals surface area contributed by atoms with E-state index in [0.29, 0.717) is 5.92 Å². The Balaban J connectivity index is 1.76. The highest BCUT2D eigenvalue weighted by molar-refractivity contribution is 5.87. The number of nitrogens with zero attached hydrogens (tertiary/aromatic N) is 2. The molecule has 1 aliphatic heterocycles. The average molecular weight is 313 g/mol. The van der Waals surface area contributed by atoms with Gasteiger partial charge < -0.3 is 15.0 Å². The molecule has 1 saturated heterocycles. The van der Waals surface area contributed by atoms with Crippen LogP contribution in [0.2, 0.25) is 0 Å². The molecule has 4 heteroatoms. The van der Waals surface area contributed by atoms with Crippen LogP contribution < -0.4 is 10.1 Å². The summed E-state index contributed by atoms with van der Waals surface area (Å²) in [4.78, 5) is 7.10. The standard InChI is InChI=1S/C19H27N3O/c1-15(2)14-23-18-6-5-16(17-4-3-8-21-19(17)18)7-11-22-12-9-20-10-13-22/h3-6,8,15,20H,7,9-14H2,1-2H3. The Morgan fingerprint density at radius 3 is 2.83 bits per heavy atom. The molecule has 2 aromatic rings. The Hall–Kier alpha value is -1.65. The van der Waals surface area contributed by atoms with E-state index in [-0.39, 0.29) is 0 Å². The molecule has 0 bridgehead atoms. The summed E-state index contributed by atoms with van der Waals surface area (Å²) in [5.41, 5.74) is 2.36. The van der Waals surface area contributed by atoms with Crippen molar-refractivity contribution >= 4 is 10.9 Å². The van der Waals surface area contributed by atoms with Crippen LogP contribution in [0.5, 0.6) is 5.75 Å². The van der Waals surface area contributed by atoms with Crippen molar-refractivity contribution in [2.24, 2.45) is 5.92 Å². The second kappa shape index (κ2) is 7.75. The first-order valence-electron chi connectivity index (χ1n) is 8.66. The molecular formula is C19H27N3O. The van der Waals surface area contributed by atoms with Crippen molar-refractivity contribution in [2.45, 2.75) is 20.3 Å². The van der Waals surface area contributed by atoms with E-state index in [4.69, 9.17) is 4.74 Å². The van der Waals surface area contributed by atoms with E-state index in [1.807, 2.05) is 12.3 Å². The highest BCUT2D eigenvalue weighted by Crippen LogP contribution is 2.27. The van der Waals surface area contributed by atoms with E-state index in [9.17, 15) is 0 Å². The number of nitrogens with one attached hydrogen (secondary N) is 1. The molecule has 1 aromatic heterocycles. The fraction of sp³-hybridized carbons (Fsp3) is 0.526. The molecule has 4 nitrogen and oxygen atoms in total. The molecule has 124 valence electrons. The first kappa shape index (κ1) is 16.2. The van der Waals surface area contributed by atoms with Crippen molar-refractivity contribution in [3.8, 4) is 5.75 Å². The second-order valence-electron chi connectivity index (χ2n) is 6.67. The molecule has 1 aromatic carbocycles. The van der Waals surface area contributed by atoms with E-state index >= 15 is 0 Å². The molecule has 0 atom stereocenters. The van der Waals surface area contributed by atoms with E-state index < -0.39 is 0 Å². The smallest absolute Gasteiger partial charge is 0.145 e. The molecule has 0 radical (unpaired) electrons. The minimum absolute atomic E-state index is 0.515. The normalized spacial score (nSPS) is 16.1. The Bertz CT molecular complexity index is 636. The topological polar surface area (TPSA) is 37.4 Å². The molecule has 3 rings (SSSR count). The molecule has 0 amide bonds. The van der Waals surface area contributed by atoms with Gasteiger partial charge in [-0.1, -0.05) is 26.0 Å². The number of hydrogen-bond acceptors (Lipinski definition) is 4. The maximum Gasteiger partial charge on any atom is 0.145 e. The largest absolute Gasteiger partial charge is 0.491 e. The van der Waals surface area contributed by atoms with Crippen molar-refractivity contribution in [1.29, 1.82) is 0 Å². The van der Waals surface area contributed by atoms with Gasteiger partial charge in [0.2, 0.25) is 0 Å². The van der Waals surface area contributed by atoms with Crippen LogP contribution in [-0.4, -0.2) is 49.2 Å². The molecular weight excluding hydrogens is 286 g/mol. The molecule has 23 heavy (non-hydrogen) atoms. The number of rotatable bonds is 6. The number of hydrogen-bond donors (Lipinski definition) is 1. The van der Waals surface area contributed by atoms with E-state index in [0.717, 1.165) is 57.0 Å². The quantitative estimate of drug-likeness (QED) is 0.890. The third-order valence-electron chi connectivity index (χ3n) is 4.30. The highest BCUT2D eigenvalue weighted by Gasteiger charge is 2.12. The van der Waals surface area contributed by atoms with E-state index in [1.54, 1.807) is 0 Å². The maximum absolute atomic E-state index is 5.95. The van der Waals surface area contributed by atoms with Gasteiger partial charge in [-0.3, -0.25) is 4.98 Å². The molecule has 1 aliphatic rings. The van der Waals surface area contributed by atoms with Gasteiger partial charge in [-0.05, 0) is 30.0 Å². The number of ether oxygens (including phenoxy) is 1. The Labute approximate surface area is 138 Å². The number of benzene rings is 1. The fourth-order valence-electron chi connectivity index (χ4n) is 3.01. The van der Waals surface area contributed by atoms with Gasteiger partial charge in [0.05, 0.1) is 6.61 Å². The molecule has 1 fully saturated rings. The summed E-state index contributed by atoms with van der Waals surface area (Å²) < 4.78 is 5.95. The molecule has 1 N–H and O–H groups in total. The lowest BCUT2D eigenvalue weighted by Crippen LogP contribution is -2.44. The van der Waals surface area contributed by atoms with Gasteiger partial charge in [0, 0.05) is 44.3 Å². The minimum Gasteiger partial charge on any atom is -0.491 e. The number of pyridine rings is 1. The van der Waals surface area contributed by atoms with Crippen LogP contribution in [0, 0.1) is 5.92 Å². The fourth-order valence-corrected chi connectivity index (χ4v) is 3.01. The molecule has 0 unspecified atom stereocenters. The van der Waals surface area contributed by atoms with Crippen LogP contribution in [0.1, 0.15) is 19.4 Å². The average Bonchev–Trinajstić information content (AvgIpc) is 2.59. The molecule has 2 heterocycles. The molecule has 0 aliphatic carbocycles. The first-order chi connectivity index (χ1) is 11.2. The van der Waals surface area contributed by atoms with E-state index in [2.05, 4.69) is 47.2 Å². The number of piperazine rings is 1. The summed E-state index contributed by atoms with van der Waals surface area (Å²) in [6.45, 7) is 10.7. The summed E-state index contributed by atoms with van der Waals surface area (Å²) in [5.74, 6) is 1.42. The van der Waals surface area contributed by atoms with E-state index in [1.165, 1.54) is 10.9 Å². The summed E-state index contributed by atoms with van der Waals surface area (Å²) in [6, 6.07) is 8.48. The Morgan fingerprint density at radius 1 is 1.22 bits per heavy atom. The molecule has 0 spiro atoms. The van der Waals surface area contributed by atoms with Gasteiger partial charge >= 0.3 is 0 Å². The van der Waals surface area contributed by atoms with Crippen molar-refractivity contribution in [2.75, 3.05) is 39.3 Å². The van der Waals surface area contributed by atoms with Gasteiger partial charge in [-0.25, -0.2) is 0 Å². The van der Waals surface area contributed by atoms with Gasteiger partial charge in [0.25, 0.3) is 0 Å². The lowest BCUT2D eigenvalue weighted by Gasteiger charge is -2.27. The van der Waals surface area contributed by atoms with Crippen molar-refractivity contribution < 1.29 is 4.74 Å². The lowest BCUT2D eigenvalue weighted by molar-refractivity contribution is 0.244. The summed E-state index contributed by atoms with van der Waals surface area (Å²) in [7, 11) is 0. The zero-order valence-corrected chi connectivity index (χ0v) is 14.2. The van der Waals surface area contributed by atoms with Crippen molar-refractivity contribution in [1.82, 2.24) is 15.2 Å². The van der Waals surface area contributed by atoms with Crippen LogP contribution in [0.15, 0.2) is 30.5 Å². The van der Waals surface area contributed by atoms with Crippen LogP contribution in [0.4, 0.5) is 0 Å².